The Balaban J connectivity index is 2.58. The van der Waals surface area contributed by atoms with Crippen LogP contribution in [0.2, 0.25) is 0 Å². The summed E-state index contributed by atoms with van der Waals surface area (Å²) in [4.78, 5) is 0. The van der Waals surface area contributed by atoms with E-state index in [2.05, 4.69) is 0 Å². The highest BCUT2D eigenvalue weighted by Gasteiger charge is 2.08. The van der Waals surface area contributed by atoms with Crippen LogP contribution in [0.4, 0.5) is 4.39 Å². The van der Waals surface area contributed by atoms with Gasteiger partial charge in [0.1, 0.15) is 11.9 Å². The molecule has 0 saturated carbocycles. The molecular formula is C11H12FNO2S. The molecule has 0 aliphatic rings. The maximum atomic E-state index is 13.5. The Morgan fingerprint density at radius 1 is 1.50 bits per heavy atom. The van der Waals surface area contributed by atoms with E-state index in [1.807, 2.05) is 0 Å². The Bertz CT molecular complexity index is 392. The normalized spacial score (nSPS) is 12.1. The molecule has 16 heavy (non-hydrogen) atoms. The summed E-state index contributed by atoms with van der Waals surface area (Å²) in [6.07, 6.45) is -0.785. The van der Waals surface area contributed by atoms with Crippen LogP contribution < -0.4 is 0 Å². The number of rotatable bonds is 5. The van der Waals surface area contributed by atoms with Crippen LogP contribution in [0.3, 0.4) is 0 Å². The standard InChI is InChI=1S/C11H12FNO2S/c12-11-8(4-13)2-1-3-9(11)6-16-7-10(15)5-14/h1-3,10,14-15H,5-7H2. The van der Waals surface area contributed by atoms with Crippen molar-refractivity contribution in [1.82, 2.24) is 0 Å². The molecule has 3 nitrogen and oxygen atoms in total. The van der Waals surface area contributed by atoms with Crippen molar-refractivity contribution < 1.29 is 14.6 Å². The van der Waals surface area contributed by atoms with Gasteiger partial charge in [0, 0.05) is 11.5 Å². The molecule has 0 radical (unpaired) electrons. The zero-order valence-electron chi connectivity index (χ0n) is 8.56. The minimum absolute atomic E-state index is 0.0285. The molecule has 86 valence electrons. The molecule has 0 aliphatic heterocycles. The highest BCUT2D eigenvalue weighted by atomic mass is 32.2. The van der Waals surface area contributed by atoms with Crippen molar-refractivity contribution in [2.45, 2.75) is 11.9 Å². The predicted octanol–water partition coefficient (Wildman–Crippen LogP) is 1.28. The van der Waals surface area contributed by atoms with Gasteiger partial charge in [-0.15, -0.1) is 0 Å². The minimum atomic E-state index is -0.785. The molecule has 0 aromatic heterocycles. The summed E-state index contributed by atoms with van der Waals surface area (Å²) in [7, 11) is 0. The van der Waals surface area contributed by atoms with Gasteiger partial charge >= 0.3 is 0 Å². The smallest absolute Gasteiger partial charge is 0.144 e. The van der Waals surface area contributed by atoms with Crippen LogP contribution in [-0.4, -0.2) is 28.7 Å². The average molecular weight is 241 g/mol. The van der Waals surface area contributed by atoms with Gasteiger partial charge in [0.15, 0.2) is 0 Å². The van der Waals surface area contributed by atoms with Crippen molar-refractivity contribution in [2.24, 2.45) is 0 Å². The highest BCUT2D eigenvalue weighted by molar-refractivity contribution is 7.98. The van der Waals surface area contributed by atoms with Crippen LogP contribution >= 0.6 is 11.8 Å². The quantitative estimate of drug-likeness (QED) is 0.815. The summed E-state index contributed by atoms with van der Waals surface area (Å²) < 4.78 is 13.5. The van der Waals surface area contributed by atoms with Crippen molar-refractivity contribution >= 4 is 11.8 Å². The van der Waals surface area contributed by atoms with E-state index in [1.54, 1.807) is 18.2 Å². The van der Waals surface area contributed by atoms with E-state index in [9.17, 15) is 4.39 Å². The summed E-state index contributed by atoms with van der Waals surface area (Å²) in [6, 6.07) is 6.43. The maximum Gasteiger partial charge on any atom is 0.144 e. The van der Waals surface area contributed by atoms with Crippen LogP contribution in [0.1, 0.15) is 11.1 Å². The van der Waals surface area contributed by atoms with Gasteiger partial charge < -0.3 is 10.2 Å². The molecule has 0 bridgehead atoms. The first-order valence-electron chi connectivity index (χ1n) is 4.73. The number of halogens is 1. The SMILES string of the molecule is N#Cc1cccc(CSCC(O)CO)c1F. The number of nitrogens with zero attached hydrogens (tertiary/aromatic N) is 1. The molecule has 0 spiro atoms. The Labute approximate surface area is 97.5 Å². The van der Waals surface area contributed by atoms with Crippen LogP contribution in [0, 0.1) is 17.1 Å². The molecule has 5 heteroatoms. The molecule has 0 amide bonds. The summed E-state index contributed by atoms with van der Waals surface area (Å²) in [6.45, 7) is -0.298. The number of nitriles is 1. The van der Waals surface area contributed by atoms with Gasteiger partial charge in [0.2, 0.25) is 0 Å². The van der Waals surface area contributed by atoms with Gasteiger partial charge in [-0.3, -0.25) is 0 Å². The van der Waals surface area contributed by atoms with Crippen molar-refractivity contribution in [3.05, 3.63) is 35.1 Å². The van der Waals surface area contributed by atoms with Crippen molar-refractivity contribution in [1.29, 1.82) is 5.26 Å². The lowest BCUT2D eigenvalue weighted by Crippen LogP contribution is -2.14. The molecule has 0 heterocycles. The molecule has 0 saturated heterocycles. The van der Waals surface area contributed by atoms with Gasteiger partial charge in [-0.1, -0.05) is 12.1 Å². The van der Waals surface area contributed by atoms with E-state index in [4.69, 9.17) is 15.5 Å². The second-order valence-electron chi connectivity index (χ2n) is 3.24. The second-order valence-corrected chi connectivity index (χ2v) is 4.27. The number of thioether (sulfide) groups is 1. The van der Waals surface area contributed by atoms with Crippen LogP contribution in [0.15, 0.2) is 18.2 Å². The zero-order valence-corrected chi connectivity index (χ0v) is 9.38. The fourth-order valence-electron chi connectivity index (χ4n) is 1.14. The largest absolute Gasteiger partial charge is 0.394 e. The molecular weight excluding hydrogens is 229 g/mol. The monoisotopic (exact) mass is 241 g/mol. The Kier molecular flexibility index (Phi) is 5.26. The number of aliphatic hydroxyl groups excluding tert-OH is 2. The summed E-state index contributed by atoms with van der Waals surface area (Å²) in [5, 5.41) is 26.3. The molecule has 1 aromatic rings. The summed E-state index contributed by atoms with van der Waals surface area (Å²) in [5.41, 5.74) is 0.468. The van der Waals surface area contributed by atoms with E-state index >= 15 is 0 Å². The lowest BCUT2D eigenvalue weighted by molar-refractivity contribution is 0.113. The average Bonchev–Trinajstić information content (AvgIpc) is 2.31. The Morgan fingerprint density at radius 3 is 2.88 bits per heavy atom. The summed E-state index contributed by atoms with van der Waals surface area (Å²) in [5.74, 6) is 0.210. The Hall–Kier alpha value is -1.09. The van der Waals surface area contributed by atoms with Crippen molar-refractivity contribution in [3.63, 3.8) is 0 Å². The number of benzene rings is 1. The third-order valence-electron chi connectivity index (χ3n) is 1.98. The molecule has 1 atom stereocenters. The summed E-state index contributed by atoms with van der Waals surface area (Å²) >= 11 is 1.31. The van der Waals surface area contributed by atoms with E-state index in [0.717, 1.165) is 0 Å². The first kappa shape index (κ1) is 13.0. The molecule has 0 fully saturated rings. The number of hydrogen-bond acceptors (Lipinski definition) is 4. The van der Waals surface area contributed by atoms with Crippen LogP contribution in [-0.2, 0) is 5.75 Å². The van der Waals surface area contributed by atoms with Gasteiger partial charge in [-0.25, -0.2) is 4.39 Å². The fraction of sp³-hybridized carbons (Fsp3) is 0.364. The molecule has 1 aromatic carbocycles. The Morgan fingerprint density at radius 2 is 2.25 bits per heavy atom. The lowest BCUT2D eigenvalue weighted by atomic mass is 10.1. The van der Waals surface area contributed by atoms with Crippen molar-refractivity contribution in [3.8, 4) is 6.07 Å². The molecule has 1 unspecified atom stereocenters. The number of hydrogen-bond donors (Lipinski definition) is 2. The topological polar surface area (TPSA) is 64.2 Å². The minimum Gasteiger partial charge on any atom is -0.394 e. The molecule has 0 aliphatic carbocycles. The molecule has 2 N–H and O–H groups in total. The lowest BCUT2D eigenvalue weighted by Gasteiger charge is -2.07. The van der Waals surface area contributed by atoms with Gasteiger partial charge in [0.25, 0.3) is 0 Å². The first-order chi connectivity index (χ1) is 7.69. The molecule has 1 rings (SSSR count). The second kappa shape index (κ2) is 6.48. The third-order valence-corrected chi connectivity index (χ3v) is 3.11. The zero-order chi connectivity index (χ0) is 12.0. The van der Waals surface area contributed by atoms with Crippen molar-refractivity contribution in [2.75, 3.05) is 12.4 Å². The van der Waals surface area contributed by atoms with E-state index in [-0.39, 0.29) is 12.2 Å². The van der Waals surface area contributed by atoms with Crippen LogP contribution in [0.25, 0.3) is 0 Å². The van der Waals surface area contributed by atoms with Crippen LogP contribution in [0.5, 0.6) is 0 Å². The van der Waals surface area contributed by atoms with Gasteiger partial charge in [0.05, 0.1) is 18.3 Å². The third kappa shape index (κ3) is 3.49. The predicted molar refractivity (Wildman–Crippen MR) is 60.4 cm³/mol. The first-order valence-corrected chi connectivity index (χ1v) is 5.88. The maximum absolute atomic E-state index is 13.5. The highest BCUT2D eigenvalue weighted by Crippen LogP contribution is 2.18. The number of aliphatic hydroxyl groups is 2. The van der Waals surface area contributed by atoms with Gasteiger partial charge in [-0.05, 0) is 11.6 Å². The van der Waals surface area contributed by atoms with E-state index in [1.165, 1.54) is 17.8 Å². The van der Waals surface area contributed by atoms with Gasteiger partial charge in [-0.2, -0.15) is 17.0 Å². The van der Waals surface area contributed by atoms with E-state index < -0.39 is 11.9 Å². The van der Waals surface area contributed by atoms with E-state index in [0.29, 0.717) is 17.1 Å². The fourth-order valence-corrected chi connectivity index (χ4v) is 2.07.